The Hall–Kier alpha value is -1.95. The van der Waals surface area contributed by atoms with Crippen molar-refractivity contribution in [2.45, 2.75) is 6.92 Å². The maximum atomic E-state index is 5.58. The van der Waals surface area contributed by atoms with E-state index in [1.165, 1.54) is 4.88 Å². The van der Waals surface area contributed by atoms with E-state index < -0.39 is 0 Å². The molecule has 0 aliphatic carbocycles. The minimum atomic E-state index is 0.307. The molecule has 16 heavy (non-hydrogen) atoms. The van der Waals surface area contributed by atoms with Gasteiger partial charge < -0.3 is 5.73 Å². The number of pyridine rings is 1. The molecule has 0 amide bonds. The molecule has 0 saturated heterocycles. The lowest BCUT2D eigenvalue weighted by molar-refractivity contribution is 0.987. The van der Waals surface area contributed by atoms with Crippen LogP contribution in [0.5, 0.6) is 0 Å². The molecule has 0 aromatic carbocycles. The molecule has 0 bridgehead atoms. The summed E-state index contributed by atoms with van der Waals surface area (Å²) in [5, 5.41) is 4.18. The Morgan fingerprint density at radius 1 is 1.31 bits per heavy atom. The molecule has 3 aromatic rings. The highest BCUT2D eigenvalue weighted by Crippen LogP contribution is 2.29. The first-order valence-electron chi connectivity index (χ1n) is 4.78. The van der Waals surface area contributed by atoms with Gasteiger partial charge in [0.1, 0.15) is 0 Å². The molecular formula is C10H9N5S. The van der Waals surface area contributed by atoms with E-state index in [1.807, 2.05) is 19.1 Å². The second-order valence-electron chi connectivity index (χ2n) is 3.41. The summed E-state index contributed by atoms with van der Waals surface area (Å²) in [6.45, 7) is 2.05. The molecule has 5 nitrogen and oxygen atoms in total. The van der Waals surface area contributed by atoms with Crippen LogP contribution in [0, 0.1) is 6.92 Å². The number of hydrogen-bond donors (Lipinski definition) is 1. The van der Waals surface area contributed by atoms with E-state index in [0.29, 0.717) is 5.95 Å². The number of nitrogens with zero attached hydrogens (tertiary/aromatic N) is 4. The summed E-state index contributed by atoms with van der Waals surface area (Å²) in [6.07, 6.45) is 3.52. The third kappa shape index (κ3) is 1.27. The van der Waals surface area contributed by atoms with Crippen molar-refractivity contribution in [1.82, 2.24) is 19.6 Å². The van der Waals surface area contributed by atoms with Crippen molar-refractivity contribution in [3.8, 4) is 11.3 Å². The molecule has 0 fully saturated rings. The third-order valence-corrected chi connectivity index (χ3v) is 3.28. The van der Waals surface area contributed by atoms with Crippen LogP contribution in [0.3, 0.4) is 0 Å². The molecule has 0 aliphatic heterocycles. The lowest BCUT2D eigenvalue weighted by Crippen LogP contribution is -1.92. The molecule has 0 atom stereocenters. The SMILES string of the molecule is Cc1sc2nc(N)nn2c1-c1ccncc1. The van der Waals surface area contributed by atoms with Crippen LogP contribution in [0.15, 0.2) is 24.5 Å². The monoisotopic (exact) mass is 231 g/mol. The van der Waals surface area contributed by atoms with E-state index in [4.69, 9.17) is 5.73 Å². The maximum Gasteiger partial charge on any atom is 0.241 e. The van der Waals surface area contributed by atoms with E-state index in [2.05, 4.69) is 15.1 Å². The van der Waals surface area contributed by atoms with Crippen molar-refractivity contribution in [1.29, 1.82) is 0 Å². The number of nitrogen functional groups attached to an aromatic ring is 1. The fourth-order valence-electron chi connectivity index (χ4n) is 1.69. The molecule has 3 heterocycles. The summed E-state index contributed by atoms with van der Waals surface area (Å²) in [7, 11) is 0. The van der Waals surface area contributed by atoms with Crippen LogP contribution in [0.2, 0.25) is 0 Å². The zero-order chi connectivity index (χ0) is 11.1. The quantitative estimate of drug-likeness (QED) is 0.692. The zero-order valence-corrected chi connectivity index (χ0v) is 9.40. The largest absolute Gasteiger partial charge is 0.366 e. The zero-order valence-electron chi connectivity index (χ0n) is 8.58. The second-order valence-corrected chi connectivity index (χ2v) is 4.59. The minimum absolute atomic E-state index is 0.307. The van der Waals surface area contributed by atoms with Crippen LogP contribution in [0.4, 0.5) is 5.95 Å². The van der Waals surface area contributed by atoms with Gasteiger partial charge in [-0.05, 0) is 19.1 Å². The lowest BCUT2D eigenvalue weighted by Gasteiger charge is -1.99. The lowest BCUT2D eigenvalue weighted by atomic mass is 10.2. The smallest absolute Gasteiger partial charge is 0.241 e. The van der Waals surface area contributed by atoms with Crippen molar-refractivity contribution in [2.24, 2.45) is 0 Å². The fraction of sp³-hybridized carbons (Fsp3) is 0.100. The molecule has 0 aliphatic rings. The molecule has 3 rings (SSSR count). The topological polar surface area (TPSA) is 69.1 Å². The fourth-order valence-corrected chi connectivity index (χ4v) is 2.63. The van der Waals surface area contributed by atoms with Gasteiger partial charge in [-0.15, -0.1) is 5.10 Å². The minimum Gasteiger partial charge on any atom is -0.366 e. The van der Waals surface area contributed by atoms with Crippen molar-refractivity contribution in [3.05, 3.63) is 29.4 Å². The Morgan fingerprint density at radius 2 is 2.06 bits per heavy atom. The molecule has 3 aromatic heterocycles. The summed E-state index contributed by atoms with van der Waals surface area (Å²) in [5.74, 6) is 0.307. The molecule has 6 heteroatoms. The van der Waals surface area contributed by atoms with Crippen LogP contribution in [-0.4, -0.2) is 19.6 Å². The Labute approximate surface area is 95.6 Å². The van der Waals surface area contributed by atoms with Gasteiger partial charge in [0.25, 0.3) is 0 Å². The number of rotatable bonds is 1. The van der Waals surface area contributed by atoms with E-state index in [9.17, 15) is 0 Å². The van der Waals surface area contributed by atoms with Gasteiger partial charge in [-0.25, -0.2) is 4.52 Å². The summed E-state index contributed by atoms with van der Waals surface area (Å²) in [4.78, 5) is 10.1. The molecule has 0 spiro atoms. The van der Waals surface area contributed by atoms with Crippen LogP contribution in [-0.2, 0) is 0 Å². The predicted octanol–water partition coefficient (Wildman–Crippen LogP) is 1.74. The van der Waals surface area contributed by atoms with Gasteiger partial charge in [0.2, 0.25) is 10.9 Å². The average Bonchev–Trinajstić information content (AvgIpc) is 2.74. The highest BCUT2D eigenvalue weighted by molar-refractivity contribution is 7.17. The van der Waals surface area contributed by atoms with Crippen LogP contribution in [0.1, 0.15) is 4.88 Å². The number of hydrogen-bond acceptors (Lipinski definition) is 5. The van der Waals surface area contributed by atoms with Crippen LogP contribution < -0.4 is 5.73 Å². The van der Waals surface area contributed by atoms with E-state index in [0.717, 1.165) is 16.2 Å². The Morgan fingerprint density at radius 3 is 2.81 bits per heavy atom. The van der Waals surface area contributed by atoms with Gasteiger partial charge in [-0.3, -0.25) is 4.98 Å². The first-order chi connectivity index (χ1) is 7.75. The molecule has 2 N–H and O–H groups in total. The molecule has 0 unspecified atom stereocenters. The Kier molecular flexibility index (Phi) is 1.90. The van der Waals surface area contributed by atoms with E-state index in [1.54, 1.807) is 28.2 Å². The molecular weight excluding hydrogens is 222 g/mol. The van der Waals surface area contributed by atoms with Crippen molar-refractivity contribution >= 4 is 22.2 Å². The second kappa shape index (κ2) is 3.28. The van der Waals surface area contributed by atoms with Gasteiger partial charge in [-0.2, -0.15) is 4.98 Å². The normalized spacial score (nSPS) is 11.1. The molecule has 0 saturated carbocycles. The number of thiazole rings is 1. The number of fused-ring (bicyclic) bond motifs is 1. The van der Waals surface area contributed by atoms with Crippen molar-refractivity contribution in [3.63, 3.8) is 0 Å². The van der Waals surface area contributed by atoms with Gasteiger partial charge in [0.15, 0.2) is 0 Å². The van der Waals surface area contributed by atoms with Crippen LogP contribution in [0.25, 0.3) is 16.2 Å². The van der Waals surface area contributed by atoms with E-state index >= 15 is 0 Å². The van der Waals surface area contributed by atoms with Gasteiger partial charge in [-0.1, -0.05) is 11.3 Å². The summed E-state index contributed by atoms with van der Waals surface area (Å²) >= 11 is 1.58. The number of nitrogens with two attached hydrogens (primary N) is 1. The van der Waals surface area contributed by atoms with Gasteiger partial charge >= 0.3 is 0 Å². The third-order valence-electron chi connectivity index (χ3n) is 2.34. The average molecular weight is 231 g/mol. The maximum absolute atomic E-state index is 5.58. The standard InChI is InChI=1S/C10H9N5S/c1-6-8(7-2-4-12-5-3-7)15-10(16-6)13-9(11)14-15/h2-5H,1H3,(H2,11,14). The number of anilines is 1. The molecule has 80 valence electrons. The number of aromatic nitrogens is 4. The Bertz CT molecular complexity index is 640. The predicted molar refractivity (Wildman–Crippen MR) is 63.2 cm³/mol. The summed E-state index contributed by atoms with van der Waals surface area (Å²) in [6, 6.07) is 3.90. The summed E-state index contributed by atoms with van der Waals surface area (Å²) in [5.41, 5.74) is 7.69. The number of aryl methyl sites for hydroxylation is 1. The van der Waals surface area contributed by atoms with Gasteiger partial charge in [0.05, 0.1) is 5.69 Å². The molecule has 0 radical (unpaired) electrons. The van der Waals surface area contributed by atoms with Gasteiger partial charge in [0, 0.05) is 22.8 Å². The highest BCUT2D eigenvalue weighted by atomic mass is 32.1. The first-order valence-corrected chi connectivity index (χ1v) is 5.59. The van der Waals surface area contributed by atoms with Crippen molar-refractivity contribution in [2.75, 3.05) is 5.73 Å². The highest BCUT2D eigenvalue weighted by Gasteiger charge is 2.13. The summed E-state index contributed by atoms with van der Waals surface area (Å²) < 4.78 is 1.78. The Balaban J connectivity index is 2.33. The first kappa shape index (κ1) is 9.29. The van der Waals surface area contributed by atoms with E-state index in [-0.39, 0.29) is 0 Å². The van der Waals surface area contributed by atoms with Crippen LogP contribution >= 0.6 is 11.3 Å². The van der Waals surface area contributed by atoms with Crippen molar-refractivity contribution < 1.29 is 0 Å².